The average Bonchev–Trinajstić information content (AvgIpc) is 2.65. The van der Waals surface area contributed by atoms with E-state index in [-0.39, 0.29) is 5.97 Å². The van der Waals surface area contributed by atoms with E-state index in [9.17, 15) is 4.79 Å². The van der Waals surface area contributed by atoms with Crippen molar-refractivity contribution in [1.82, 2.24) is 0 Å². The summed E-state index contributed by atoms with van der Waals surface area (Å²) in [5, 5.41) is 0. The zero-order valence-electron chi connectivity index (χ0n) is 17.1. The van der Waals surface area contributed by atoms with Crippen molar-refractivity contribution in [2.75, 3.05) is 13.2 Å². The van der Waals surface area contributed by atoms with Gasteiger partial charge in [0.25, 0.3) is 0 Å². The van der Waals surface area contributed by atoms with Gasteiger partial charge in [-0.2, -0.15) is 0 Å². The minimum absolute atomic E-state index is 0.291. The van der Waals surface area contributed by atoms with Crippen LogP contribution in [0.4, 0.5) is 0 Å². The van der Waals surface area contributed by atoms with Crippen LogP contribution in [0, 0.1) is 0 Å². The third-order valence-electron chi connectivity index (χ3n) is 4.62. The molecule has 0 heterocycles. The van der Waals surface area contributed by atoms with Crippen molar-refractivity contribution in [2.24, 2.45) is 0 Å². The van der Waals surface area contributed by atoms with Crippen molar-refractivity contribution < 1.29 is 14.3 Å². The maximum absolute atomic E-state index is 12.1. The molecule has 1 rings (SSSR count). The summed E-state index contributed by atoms with van der Waals surface area (Å²) in [7, 11) is 0. The van der Waals surface area contributed by atoms with Gasteiger partial charge in [-0.3, -0.25) is 0 Å². The van der Waals surface area contributed by atoms with E-state index in [0.717, 1.165) is 25.7 Å². The lowest BCUT2D eigenvalue weighted by Gasteiger charge is -2.13. The Morgan fingerprint density at radius 2 is 1.50 bits per heavy atom. The van der Waals surface area contributed by atoms with Crippen LogP contribution in [0.15, 0.2) is 18.2 Å². The highest BCUT2D eigenvalue weighted by molar-refractivity contribution is 5.92. The van der Waals surface area contributed by atoms with Crippen molar-refractivity contribution in [3.63, 3.8) is 0 Å². The number of hydrogen-bond donors (Lipinski definition) is 0. The number of carbonyl (C=O) groups excluding carboxylic acids is 1. The number of ether oxygens (including phenoxy) is 2. The topological polar surface area (TPSA) is 35.5 Å². The lowest BCUT2D eigenvalue weighted by atomic mass is 10.1. The molecule has 0 bridgehead atoms. The molecule has 0 aliphatic heterocycles. The predicted octanol–water partition coefficient (Wildman–Crippen LogP) is 6.73. The standard InChI is InChI=1S/C23H38O3/c1-4-7-9-10-11-12-13-14-18-26-22-19-20(15-8-5-2)16-17-21(22)23(24)25-6-3/h16-17,19H,4-15,18H2,1-3H3. The summed E-state index contributed by atoms with van der Waals surface area (Å²) < 4.78 is 11.1. The molecule has 0 radical (unpaired) electrons. The fraction of sp³-hybridized carbons (Fsp3) is 0.696. The second kappa shape index (κ2) is 14.6. The minimum Gasteiger partial charge on any atom is -0.493 e. The molecule has 0 saturated carbocycles. The van der Waals surface area contributed by atoms with Crippen LogP contribution in [0.25, 0.3) is 0 Å². The van der Waals surface area contributed by atoms with Crippen LogP contribution in [-0.2, 0) is 11.2 Å². The highest BCUT2D eigenvalue weighted by atomic mass is 16.5. The van der Waals surface area contributed by atoms with Gasteiger partial charge in [0.1, 0.15) is 11.3 Å². The summed E-state index contributed by atoms with van der Waals surface area (Å²) in [6.45, 7) is 7.31. The van der Waals surface area contributed by atoms with E-state index in [1.165, 1.54) is 50.5 Å². The number of carbonyl (C=O) groups is 1. The smallest absolute Gasteiger partial charge is 0.341 e. The van der Waals surface area contributed by atoms with Gasteiger partial charge in [-0.25, -0.2) is 4.79 Å². The largest absolute Gasteiger partial charge is 0.493 e. The van der Waals surface area contributed by atoms with E-state index in [2.05, 4.69) is 13.8 Å². The Labute approximate surface area is 160 Å². The maximum Gasteiger partial charge on any atom is 0.341 e. The fourth-order valence-electron chi connectivity index (χ4n) is 3.02. The molecule has 0 aromatic heterocycles. The summed E-state index contributed by atoms with van der Waals surface area (Å²) in [6, 6.07) is 5.89. The highest BCUT2D eigenvalue weighted by Crippen LogP contribution is 2.23. The van der Waals surface area contributed by atoms with Crippen LogP contribution < -0.4 is 4.74 Å². The molecule has 0 saturated heterocycles. The van der Waals surface area contributed by atoms with E-state index in [0.29, 0.717) is 24.5 Å². The maximum atomic E-state index is 12.1. The SMILES string of the molecule is CCCCCCCCCCOc1cc(CCCC)ccc1C(=O)OCC. The lowest BCUT2D eigenvalue weighted by molar-refractivity contribution is 0.0521. The zero-order valence-corrected chi connectivity index (χ0v) is 17.1. The average molecular weight is 363 g/mol. The van der Waals surface area contributed by atoms with Gasteiger partial charge < -0.3 is 9.47 Å². The van der Waals surface area contributed by atoms with Crippen LogP contribution in [-0.4, -0.2) is 19.2 Å². The molecule has 0 fully saturated rings. The summed E-state index contributed by atoms with van der Waals surface area (Å²) in [5.74, 6) is 0.389. The van der Waals surface area contributed by atoms with E-state index in [4.69, 9.17) is 9.47 Å². The summed E-state index contributed by atoms with van der Waals surface area (Å²) in [5.41, 5.74) is 1.78. The fourth-order valence-corrected chi connectivity index (χ4v) is 3.02. The minimum atomic E-state index is -0.291. The molecule has 0 atom stereocenters. The van der Waals surface area contributed by atoms with Crippen molar-refractivity contribution in [2.45, 2.75) is 91.4 Å². The van der Waals surface area contributed by atoms with E-state index in [1.807, 2.05) is 25.1 Å². The van der Waals surface area contributed by atoms with Crippen LogP contribution >= 0.6 is 0 Å². The first-order valence-electron chi connectivity index (χ1n) is 10.7. The second-order valence-corrected chi connectivity index (χ2v) is 6.98. The number of aryl methyl sites for hydroxylation is 1. The Bertz CT molecular complexity index is 496. The number of unbranched alkanes of at least 4 members (excludes halogenated alkanes) is 8. The van der Waals surface area contributed by atoms with E-state index < -0.39 is 0 Å². The second-order valence-electron chi connectivity index (χ2n) is 6.98. The Morgan fingerprint density at radius 1 is 0.846 bits per heavy atom. The monoisotopic (exact) mass is 362 g/mol. The van der Waals surface area contributed by atoms with Gasteiger partial charge in [-0.15, -0.1) is 0 Å². The molecule has 0 unspecified atom stereocenters. The zero-order chi connectivity index (χ0) is 19.0. The molecule has 1 aromatic rings. The molecular formula is C23H38O3. The highest BCUT2D eigenvalue weighted by Gasteiger charge is 2.14. The van der Waals surface area contributed by atoms with Crippen molar-refractivity contribution >= 4 is 5.97 Å². The molecule has 1 aromatic carbocycles. The van der Waals surface area contributed by atoms with Crippen molar-refractivity contribution in [3.8, 4) is 5.75 Å². The molecule has 0 N–H and O–H groups in total. The van der Waals surface area contributed by atoms with Crippen LogP contribution in [0.5, 0.6) is 5.75 Å². The Balaban J connectivity index is 2.46. The Hall–Kier alpha value is -1.51. The quantitative estimate of drug-likeness (QED) is 0.256. The molecule has 3 heteroatoms. The molecule has 0 aliphatic carbocycles. The molecule has 0 spiro atoms. The third-order valence-corrected chi connectivity index (χ3v) is 4.62. The number of rotatable bonds is 15. The first kappa shape index (κ1) is 22.5. The number of hydrogen-bond acceptors (Lipinski definition) is 3. The van der Waals surface area contributed by atoms with Crippen LogP contribution in [0.1, 0.15) is 101 Å². The Kier molecular flexibility index (Phi) is 12.7. The molecule has 26 heavy (non-hydrogen) atoms. The predicted molar refractivity (Wildman–Crippen MR) is 109 cm³/mol. The van der Waals surface area contributed by atoms with Crippen LogP contribution in [0.3, 0.4) is 0 Å². The van der Waals surface area contributed by atoms with Gasteiger partial charge in [-0.05, 0) is 43.9 Å². The summed E-state index contributed by atoms with van der Waals surface area (Å²) in [4.78, 5) is 12.1. The molecule has 3 nitrogen and oxygen atoms in total. The number of esters is 1. The van der Waals surface area contributed by atoms with Crippen molar-refractivity contribution in [3.05, 3.63) is 29.3 Å². The normalized spacial score (nSPS) is 10.7. The summed E-state index contributed by atoms with van der Waals surface area (Å²) >= 11 is 0. The van der Waals surface area contributed by atoms with Gasteiger partial charge in [0.15, 0.2) is 0 Å². The molecule has 148 valence electrons. The van der Waals surface area contributed by atoms with Crippen LogP contribution in [0.2, 0.25) is 0 Å². The Morgan fingerprint density at radius 3 is 2.15 bits per heavy atom. The lowest BCUT2D eigenvalue weighted by Crippen LogP contribution is -2.09. The van der Waals surface area contributed by atoms with Gasteiger partial charge in [0, 0.05) is 0 Å². The van der Waals surface area contributed by atoms with Gasteiger partial charge in [0.05, 0.1) is 13.2 Å². The molecular weight excluding hydrogens is 324 g/mol. The van der Waals surface area contributed by atoms with E-state index in [1.54, 1.807) is 0 Å². The number of benzene rings is 1. The first-order valence-corrected chi connectivity index (χ1v) is 10.7. The van der Waals surface area contributed by atoms with Crippen molar-refractivity contribution in [1.29, 1.82) is 0 Å². The van der Waals surface area contributed by atoms with Gasteiger partial charge in [-0.1, -0.05) is 71.3 Å². The first-order chi connectivity index (χ1) is 12.7. The summed E-state index contributed by atoms with van der Waals surface area (Å²) in [6.07, 6.45) is 13.5. The third kappa shape index (κ3) is 9.26. The van der Waals surface area contributed by atoms with E-state index >= 15 is 0 Å². The molecule has 0 aliphatic rings. The molecule has 0 amide bonds. The van der Waals surface area contributed by atoms with Gasteiger partial charge in [0.2, 0.25) is 0 Å². The van der Waals surface area contributed by atoms with Gasteiger partial charge >= 0.3 is 5.97 Å².